The van der Waals surface area contributed by atoms with Gasteiger partial charge in [-0.15, -0.1) is 0 Å². The minimum atomic E-state index is -2.18. The fourth-order valence-electron chi connectivity index (χ4n) is 5.32. The maximum atomic E-state index is 13.6. The largest absolute Gasteiger partial charge is 0.405 e. The summed E-state index contributed by atoms with van der Waals surface area (Å²) in [6.07, 6.45) is 3.00. The third kappa shape index (κ3) is 4.35. The molecule has 4 atom stereocenters. The van der Waals surface area contributed by atoms with Gasteiger partial charge < -0.3 is 9.53 Å². The van der Waals surface area contributed by atoms with Gasteiger partial charge in [0.25, 0.3) is 0 Å². The van der Waals surface area contributed by atoms with E-state index in [-0.39, 0.29) is 18.2 Å². The van der Waals surface area contributed by atoms with Crippen LogP contribution in [0, 0.1) is 11.8 Å². The van der Waals surface area contributed by atoms with E-state index in [1.54, 1.807) is 18.2 Å². The van der Waals surface area contributed by atoms with E-state index in [4.69, 9.17) is 4.43 Å². The van der Waals surface area contributed by atoms with Crippen molar-refractivity contribution in [3.8, 4) is 0 Å². The molecule has 0 radical (unpaired) electrons. The summed E-state index contributed by atoms with van der Waals surface area (Å²) in [5.41, 5.74) is 0.250. The lowest BCUT2D eigenvalue weighted by Crippen LogP contribution is -2.52. The summed E-state index contributed by atoms with van der Waals surface area (Å²) in [7, 11) is -2.18. The topological polar surface area (TPSA) is 66.8 Å². The second kappa shape index (κ2) is 9.89. The Bertz CT molecular complexity index is 1060. The van der Waals surface area contributed by atoms with E-state index in [0.717, 1.165) is 28.2 Å². The van der Waals surface area contributed by atoms with Gasteiger partial charge in [0, 0.05) is 4.47 Å². The van der Waals surface area contributed by atoms with Gasteiger partial charge in [-0.05, 0) is 54.4 Å². The standard InChI is InChI=1S/C27H32BrNO4Si/c1-4-34(5-2,6-3)33-27(24(30)19-12-14-20(28)15-13-19)17-16-22-23(18-27)26(32)29(25(22)31)21-10-8-7-9-11-21/h7-17,22-24,30H,4-6,18H2,1-3H3/t22-,23+,24-,27-/m1/s1. The van der Waals surface area contributed by atoms with Crippen LogP contribution in [0.5, 0.6) is 0 Å². The highest BCUT2D eigenvalue weighted by atomic mass is 79.9. The van der Waals surface area contributed by atoms with Crippen molar-refractivity contribution in [2.45, 2.75) is 57.0 Å². The van der Waals surface area contributed by atoms with Crippen LogP contribution >= 0.6 is 15.9 Å². The summed E-state index contributed by atoms with van der Waals surface area (Å²) in [4.78, 5) is 28.1. The smallest absolute Gasteiger partial charge is 0.241 e. The first-order valence-electron chi connectivity index (χ1n) is 12.1. The number of anilines is 1. The van der Waals surface area contributed by atoms with Crippen molar-refractivity contribution in [3.63, 3.8) is 0 Å². The van der Waals surface area contributed by atoms with Gasteiger partial charge in [-0.1, -0.05) is 79.2 Å². The molecular formula is C27H32BrNO4Si. The number of amides is 2. The zero-order valence-electron chi connectivity index (χ0n) is 19.9. The molecule has 0 saturated carbocycles. The molecule has 2 amide bonds. The minimum Gasteiger partial charge on any atom is -0.405 e. The average molecular weight is 543 g/mol. The number of nitrogens with zero attached hydrogens (tertiary/aromatic N) is 1. The number of hydrogen-bond donors (Lipinski definition) is 1. The van der Waals surface area contributed by atoms with Gasteiger partial charge in [0.05, 0.1) is 17.5 Å². The van der Waals surface area contributed by atoms with E-state index in [1.807, 2.05) is 48.5 Å². The first-order chi connectivity index (χ1) is 16.3. The number of rotatable bonds is 8. The number of para-hydroxylation sites is 1. The minimum absolute atomic E-state index is 0.214. The predicted molar refractivity (Wildman–Crippen MR) is 140 cm³/mol. The van der Waals surface area contributed by atoms with E-state index in [9.17, 15) is 14.7 Å². The van der Waals surface area contributed by atoms with Crippen LogP contribution in [-0.4, -0.2) is 30.8 Å². The highest BCUT2D eigenvalue weighted by Gasteiger charge is 2.56. The number of aliphatic hydroxyl groups is 1. The van der Waals surface area contributed by atoms with Gasteiger partial charge in [0.2, 0.25) is 11.8 Å². The molecule has 1 aliphatic heterocycles. The van der Waals surface area contributed by atoms with Gasteiger partial charge in [-0.25, -0.2) is 4.90 Å². The van der Waals surface area contributed by atoms with Crippen LogP contribution in [0.3, 0.4) is 0 Å². The van der Waals surface area contributed by atoms with E-state index in [2.05, 4.69) is 36.7 Å². The van der Waals surface area contributed by atoms with Crippen LogP contribution in [-0.2, 0) is 14.0 Å². The number of imide groups is 1. The molecule has 0 bridgehead atoms. The molecule has 4 rings (SSSR count). The van der Waals surface area contributed by atoms with Crippen molar-refractivity contribution < 1.29 is 19.1 Å². The molecule has 0 unspecified atom stereocenters. The molecule has 1 N–H and O–H groups in total. The quantitative estimate of drug-likeness (QED) is 0.252. The molecule has 34 heavy (non-hydrogen) atoms. The molecule has 1 aliphatic carbocycles. The fourth-order valence-corrected chi connectivity index (χ4v) is 8.59. The molecule has 1 saturated heterocycles. The molecule has 5 nitrogen and oxygen atoms in total. The van der Waals surface area contributed by atoms with E-state index < -0.39 is 31.9 Å². The summed E-state index contributed by atoms with van der Waals surface area (Å²) in [5.74, 6) is -1.55. The Morgan fingerprint density at radius 1 is 1.03 bits per heavy atom. The number of carbonyl (C=O) groups excluding carboxylic acids is 2. The average Bonchev–Trinajstić information content (AvgIpc) is 3.12. The Balaban J connectivity index is 1.75. The summed E-state index contributed by atoms with van der Waals surface area (Å²) in [6.45, 7) is 6.45. The van der Waals surface area contributed by atoms with Gasteiger partial charge in [0.15, 0.2) is 8.32 Å². The SMILES string of the molecule is CC[Si](CC)(CC)O[C@]1([C@H](O)c2ccc(Br)cc2)C=C[C@H]2C(=O)N(c3ccccc3)C(=O)[C@H]2C1. The zero-order chi connectivity index (χ0) is 24.5. The van der Waals surface area contributed by atoms with Gasteiger partial charge >= 0.3 is 0 Å². The van der Waals surface area contributed by atoms with Crippen molar-refractivity contribution in [3.05, 3.63) is 76.8 Å². The van der Waals surface area contributed by atoms with Crippen LogP contribution in [0.25, 0.3) is 0 Å². The summed E-state index contributed by atoms with van der Waals surface area (Å²) >= 11 is 3.46. The van der Waals surface area contributed by atoms with Crippen molar-refractivity contribution >= 4 is 41.7 Å². The van der Waals surface area contributed by atoms with E-state index in [0.29, 0.717) is 5.69 Å². The Morgan fingerprint density at radius 2 is 1.65 bits per heavy atom. The molecule has 0 spiro atoms. The van der Waals surface area contributed by atoms with Crippen molar-refractivity contribution in [2.24, 2.45) is 11.8 Å². The highest BCUT2D eigenvalue weighted by molar-refractivity contribution is 9.10. The van der Waals surface area contributed by atoms with Crippen molar-refractivity contribution in [1.29, 1.82) is 0 Å². The van der Waals surface area contributed by atoms with Gasteiger partial charge in [0.1, 0.15) is 11.7 Å². The zero-order valence-corrected chi connectivity index (χ0v) is 22.5. The Kier molecular flexibility index (Phi) is 7.29. The molecule has 2 aromatic carbocycles. The number of halogens is 1. The van der Waals surface area contributed by atoms with Crippen molar-refractivity contribution in [2.75, 3.05) is 4.90 Å². The molecular weight excluding hydrogens is 510 g/mol. The molecule has 2 aromatic rings. The van der Waals surface area contributed by atoms with Gasteiger partial charge in [-0.3, -0.25) is 9.59 Å². The summed E-state index contributed by atoms with van der Waals surface area (Å²) in [5, 5.41) is 11.7. The maximum Gasteiger partial charge on any atom is 0.241 e. The lowest BCUT2D eigenvalue weighted by atomic mass is 9.74. The molecule has 2 aliphatic rings. The number of aliphatic hydroxyl groups excluding tert-OH is 1. The number of fused-ring (bicyclic) bond motifs is 1. The van der Waals surface area contributed by atoms with Crippen molar-refractivity contribution in [1.82, 2.24) is 0 Å². The first-order valence-corrected chi connectivity index (χ1v) is 15.4. The lowest BCUT2D eigenvalue weighted by Gasteiger charge is -2.46. The van der Waals surface area contributed by atoms with Crippen LogP contribution < -0.4 is 4.90 Å². The number of benzene rings is 2. The van der Waals surface area contributed by atoms with E-state index >= 15 is 0 Å². The second-order valence-corrected chi connectivity index (χ2v) is 14.9. The number of hydrogen-bond acceptors (Lipinski definition) is 4. The Labute approximate surface area is 211 Å². The highest BCUT2D eigenvalue weighted by Crippen LogP contribution is 2.48. The monoisotopic (exact) mass is 541 g/mol. The third-order valence-electron chi connectivity index (χ3n) is 7.60. The molecule has 1 heterocycles. The molecule has 1 fully saturated rings. The van der Waals surface area contributed by atoms with Crippen LogP contribution in [0.4, 0.5) is 5.69 Å². The molecule has 0 aromatic heterocycles. The fraction of sp³-hybridized carbons (Fsp3) is 0.407. The number of carbonyl (C=O) groups is 2. The van der Waals surface area contributed by atoms with Gasteiger partial charge in [-0.2, -0.15) is 0 Å². The lowest BCUT2D eigenvalue weighted by molar-refractivity contribution is -0.124. The molecule has 180 valence electrons. The van der Waals surface area contributed by atoms with Crippen LogP contribution in [0.1, 0.15) is 38.9 Å². The molecule has 7 heteroatoms. The third-order valence-corrected chi connectivity index (χ3v) is 12.8. The van der Waals surface area contributed by atoms with Crippen LogP contribution in [0.15, 0.2) is 71.2 Å². The summed E-state index contributed by atoms with van der Waals surface area (Å²) in [6, 6.07) is 19.4. The predicted octanol–water partition coefficient (Wildman–Crippen LogP) is 6.01. The maximum absolute atomic E-state index is 13.6. The normalized spacial score (nSPS) is 25.5. The summed E-state index contributed by atoms with van der Waals surface area (Å²) < 4.78 is 7.92. The Morgan fingerprint density at radius 3 is 2.24 bits per heavy atom. The van der Waals surface area contributed by atoms with Crippen LogP contribution in [0.2, 0.25) is 18.1 Å². The Hall–Kier alpha value is -2.06. The first kappa shape index (κ1) is 25.0. The second-order valence-electron chi connectivity index (χ2n) is 9.30. The van der Waals surface area contributed by atoms with E-state index in [1.165, 1.54) is 4.90 Å².